The van der Waals surface area contributed by atoms with Crippen molar-refractivity contribution in [3.05, 3.63) is 59.7 Å². The first-order valence-corrected chi connectivity index (χ1v) is 15.6. The summed E-state index contributed by atoms with van der Waals surface area (Å²) < 4.78 is 63.2. The molecule has 1 fully saturated rings. The number of rotatable bonds is 10. The third kappa shape index (κ3) is 9.17. The van der Waals surface area contributed by atoms with Gasteiger partial charge in [0.25, 0.3) is 0 Å². The molecule has 1 aliphatic carbocycles. The molecule has 216 valence electrons. The molecule has 39 heavy (non-hydrogen) atoms. The van der Waals surface area contributed by atoms with Gasteiger partial charge in [-0.05, 0) is 81.8 Å². The number of sulfonamides is 1. The second-order valence-electron chi connectivity index (χ2n) is 10.8. The molecule has 13 heteroatoms. The SMILES string of the molecule is COc1cccc(C2(CNS(=O)(=O)NC(=O)OC(C)(C)C)CCC(NCc3ccc(S(N)(=O)=O)cc3)CC2)c1. The fraction of sp³-hybridized carbons (Fsp3) is 0.500. The minimum atomic E-state index is -4.16. The Balaban J connectivity index is 1.68. The zero-order valence-electron chi connectivity index (χ0n) is 22.7. The van der Waals surface area contributed by atoms with E-state index < -0.39 is 37.3 Å². The summed E-state index contributed by atoms with van der Waals surface area (Å²) in [5.41, 5.74) is 0.510. The molecule has 1 amide bonds. The van der Waals surface area contributed by atoms with Crippen LogP contribution in [0.5, 0.6) is 5.75 Å². The van der Waals surface area contributed by atoms with Crippen LogP contribution in [0.4, 0.5) is 4.79 Å². The summed E-state index contributed by atoms with van der Waals surface area (Å²) in [7, 11) is -6.32. The van der Waals surface area contributed by atoms with E-state index in [4.69, 9.17) is 14.6 Å². The maximum Gasteiger partial charge on any atom is 0.422 e. The molecule has 0 atom stereocenters. The van der Waals surface area contributed by atoms with E-state index in [0.29, 0.717) is 25.1 Å². The lowest BCUT2D eigenvalue weighted by Crippen LogP contribution is -2.50. The summed E-state index contributed by atoms with van der Waals surface area (Å²) in [6, 6.07) is 14.2. The van der Waals surface area contributed by atoms with Crippen molar-refractivity contribution in [2.75, 3.05) is 13.7 Å². The van der Waals surface area contributed by atoms with Gasteiger partial charge in [-0.25, -0.2) is 23.1 Å². The number of hydrogen-bond donors (Lipinski definition) is 4. The molecule has 2 aromatic rings. The van der Waals surface area contributed by atoms with Gasteiger partial charge in [0.05, 0.1) is 12.0 Å². The monoisotopic (exact) mass is 582 g/mol. The summed E-state index contributed by atoms with van der Waals surface area (Å²) >= 11 is 0. The molecule has 0 aliphatic heterocycles. The third-order valence-corrected chi connectivity index (χ3v) is 8.58. The highest BCUT2D eigenvalue weighted by molar-refractivity contribution is 7.89. The van der Waals surface area contributed by atoms with E-state index in [1.165, 1.54) is 12.1 Å². The van der Waals surface area contributed by atoms with Crippen LogP contribution in [0.2, 0.25) is 0 Å². The molecule has 0 saturated heterocycles. The Labute approximate surface area is 231 Å². The molecule has 0 heterocycles. The Hall–Kier alpha value is -2.71. The van der Waals surface area contributed by atoms with Gasteiger partial charge >= 0.3 is 16.3 Å². The highest BCUT2D eigenvalue weighted by Gasteiger charge is 2.38. The molecular formula is C26H38N4O7S2. The van der Waals surface area contributed by atoms with Crippen molar-refractivity contribution < 1.29 is 31.1 Å². The average Bonchev–Trinajstić information content (AvgIpc) is 2.85. The van der Waals surface area contributed by atoms with Crippen LogP contribution in [-0.2, 0) is 36.9 Å². The predicted octanol–water partition coefficient (Wildman–Crippen LogP) is 2.67. The van der Waals surface area contributed by atoms with E-state index in [1.54, 1.807) is 40.0 Å². The summed E-state index contributed by atoms with van der Waals surface area (Å²) in [4.78, 5) is 12.1. The second-order valence-corrected chi connectivity index (χ2v) is 13.8. The highest BCUT2D eigenvalue weighted by Crippen LogP contribution is 2.40. The van der Waals surface area contributed by atoms with Gasteiger partial charge in [0.15, 0.2) is 0 Å². The van der Waals surface area contributed by atoms with Gasteiger partial charge in [-0.3, -0.25) is 0 Å². The first-order chi connectivity index (χ1) is 18.1. The largest absolute Gasteiger partial charge is 0.497 e. The van der Waals surface area contributed by atoms with Crippen LogP contribution in [0.1, 0.15) is 57.6 Å². The summed E-state index contributed by atoms with van der Waals surface area (Å²) in [5.74, 6) is 0.671. The lowest BCUT2D eigenvalue weighted by molar-refractivity contribution is 0.0569. The molecular weight excluding hydrogens is 544 g/mol. The van der Waals surface area contributed by atoms with Crippen LogP contribution in [0.3, 0.4) is 0 Å². The molecule has 0 unspecified atom stereocenters. The summed E-state index contributed by atoms with van der Waals surface area (Å²) in [6.07, 6.45) is 1.85. The van der Waals surface area contributed by atoms with Gasteiger partial charge in [-0.2, -0.15) is 13.1 Å². The summed E-state index contributed by atoms with van der Waals surface area (Å²) in [6.45, 7) is 5.58. The number of nitrogens with two attached hydrogens (primary N) is 1. The van der Waals surface area contributed by atoms with Crippen LogP contribution >= 0.6 is 0 Å². The number of carbonyl (C=O) groups is 1. The molecule has 0 spiro atoms. The number of ether oxygens (including phenoxy) is 2. The fourth-order valence-electron chi connectivity index (χ4n) is 4.63. The van der Waals surface area contributed by atoms with Crippen LogP contribution in [-0.4, -0.2) is 48.2 Å². The standard InChI is InChI=1S/C26H38N4O7S2/c1-25(2,3)37-24(31)30-39(34,35)29-18-26(20-6-5-7-22(16-20)36-4)14-12-21(13-15-26)28-17-19-8-10-23(11-9-19)38(27,32)33/h5-11,16,21,28-29H,12-15,17-18H2,1-4H3,(H,30,31)(H2,27,32,33). The zero-order valence-corrected chi connectivity index (χ0v) is 24.3. The van der Waals surface area contributed by atoms with E-state index in [0.717, 1.165) is 24.0 Å². The molecule has 0 radical (unpaired) electrons. The van der Waals surface area contributed by atoms with Gasteiger partial charge in [-0.15, -0.1) is 0 Å². The van der Waals surface area contributed by atoms with Crippen molar-refractivity contribution in [1.82, 2.24) is 14.8 Å². The molecule has 3 rings (SSSR count). The van der Waals surface area contributed by atoms with Crippen molar-refractivity contribution >= 4 is 26.3 Å². The average molecular weight is 583 g/mol. The smallest absolute Gasteiger partial charge is 0.422 e. The van der Waals surface area contributed by atoms with Crippen LogP contribution < -0.4 is 24.6 Å². The van der Waals surface area contributed by atoms with E-state index in [-0.39, 0.29) is 17.5 Å². The van der Waals surface area contributed by atoms with Gasteiger partial charge in [-0.1, -0.05) is 24.3 Å². The first kappa shape index (κ1) is 30.8. The number of methoxy groups -OCH3 is 1. The zero-order chi connectivity index (χ0) is 28.9. The van der Waals surface area contributed by atoms with Gasteiger partial charge in [0.1, 0.15) is 11.4 Å². The Morgan fingerprint density at radius 2 is 1.69 bits per heavy atom. The maximum atomic E-state index is 12.7. The molecule has 2 aromatic carbocycles. The van der Waals surface area contributed by atoms with Crippen molar-refractivity contribution in [1.29, 1.82) is 0 Å². The minimum absolute atomic E-state index is 0.0654. The number of amides is 1. The normalized spacial score (nSPS) is 20.3. The quantitative estimate of drug-likeness (QED) is 0.332. The number of carbonyl (C=O) groups excluding carboxylic acids is 1. The summed E-state index contributed by atoms with van der Waals surface area (Å²) in [5, 5.41) is 8.68. The van der Waals surface area contributed by atoms with Crippen molar-refractivity contribution in [3.63, 3.8) is 0 Å². The Morgan fingerprint density at radius 3 is 2.26 bits per heavy atom. The molecule has 0 aromatic heterocycles. The van der Waals surface area contributed by atoms with Crippen molar-refractivity contribution in [2.45, 2.75) is 75.0 Å². The first-order valence-electron chi connectivity index (χ1n) is 12.6. The predicted molar refractivity (Wildman–Crippen MR) is 148 cm³/mol. The molecule has 0 bridgehead atoms. The van der Waals surface area contributed by atoms with Crippen molar-refractivity contribution in [3.8, 4) is 5.75 Å². The maximum absolute atomic E-state index is 12.7. The second kappa shape index (κ2) is 12.2. The van der Waals surface area contributed by atoms with E-state index >= 15 is 0 Å². The highest BCUT2D eigenvalue weighted by atomic mass is 32.2. The minimum Gasteiger partial charge on any atom is -0.497 e. The van der Waals surface area contributed by atoms with Crippen LogP contribution in [0, 0.1) is 0 Å². The lowest BCUT2D eigenvalue weighted by atomic mass is 9.68. The Morgan fingerprint density at radius 1 is 1.05 bits per heavy atom. The molecule has 11 nitrogen and oxygen atoms in total. The van der Waals surface area contributed by atoms with Gasteiger partial charge in [0.2, 0.25) is 10.0 Å². The van der Waals surface area contributed by atoms with Crippen molar-refractivity contribution in [2.24, 2.45) is 5.14 Å². The topological polar surface area (TPSA) is 166 Å². The molecule has 1 saturated carbocycles. The van der Waals surface area contributed by atoms with Gasteiger partial charge < -0.3 is 14.8 Å². The number of benzene rings is 2. The van der Waals surface area contributed by atoms with Gasteiger partial charge in [0, 0.05) is 24.5 Å². The number of nitrogens with one attached hydrogen (secondary N) is 3. The van der Waals surface area contributed by atoms with E-state index in [1.807, 2.05) is 29.0 Å². The molecule has 5 N–H and O–H groups in total. The van der Waals surface area contributed by atoms with E-state index in [2.05, 4.69) is 10.0 Å². The lowest BCUT2D eigenvalue weighted by Gasteiger charge is -2.41. The number of primary sulfonamides is 1. The van der Waals surface area contributed by atoms with Crippen LogP contribution in [0.25, 0.3) is 0 Å². The fourth-order valence-corrected chi connectivity index (χ4v) is 5.95. The Bertz CT molecular complexity index is 1350. The molecule has 1 aliphatic rings. The van der Waals surface area contributed by atoms with Crippen LogP contribution in [0.15, 0.2) is 53.4 Å². The third-order valence-electron chi connectivity index (χ3n) is 6.69. The Kier molecular flexibility index (Phi) is 9.65. The van der Waals surface area contributed by atoms with E-state index in [9.17, 15) is 21.6 Å². The number of hydrogen-bond acceptors (Lipinski definition) is 8.